The average Bonchev–Trinajstić information content (AvgIpc) is 1.49. The molecule has 1 aromatic heterocycles. The summed E-state index contributed by atoms with van der Waals surface area (Å²) in [5.41, 5.74) is -30.4. The number of rotatable bonds is 3. The van der Waals surface area contributed by atoms with Gasteiger partial charge in [-0.15, -0.1) is 0 Å². The molecule has 56 heavy (non-hydrogen) atoms. The van der Waals surface area contributed by atoms with Gasteiger partial charge < -0.3 is 9.32 Å². The van der Waals surface area contributed by atoms with Crippen molar-refractivity contribution in [1.82, 2.24) is 0 Å². The molecule has 0 aliphatic heterocycles. The van der Waals surface area contributed by atoms with Crippen LogP contribution in [0.2, 0.25) is 0 Å². The molecular formula is C54H39NO. The number of hydrogen-bond donors (Lipinski definition) is 0. The molecule has 0 fully saturated rings. The molecule has 1 heterocycles. The first kappa shape index (κ1) is 11.7. The van der Waals surface area contributed by atoms with Crippen molar-refractivity contribution in [2.45, 2.75) is 38.2 Å². The van der Waals surface area contributed by atoms with E-state index in [1.807, 2.05) is 0 Å². The fourth-order valence-electron chi connectivity index (χ4n) is 8.13. The van der Waals surface area contributed by atoms with Crippen molar-refractivity contribution in [3.63, 3.8) is 0 Å². The van der Waals surface area contributed by atoms with Crippen molar-refractivity contribution < 1.29 is 57.9 Å². The van der Waals surface area contributed by atoms with Crippen LogP contribution < -0.4 is 4.90 Å². The number of nitrogens with zero attached hydrogens (tertiary/aromatic N) is 1. The molecule has 8 aromatic carbocycles. The minimum absolute atomic E-state index is 0.170. The number of fused-ring (bicyclic) bond motifs is 16. The van der Waals surface area contributed by atoms with E-state index in [9.17, 15) is 35.6 Å². The van der Waals surface area contributed by atoms with E-state index in [2.05, 4.69) is 0 Å². The third-order valence-corrected chi connectivity index (χ3v) is 10.3. The largest absolute Gasteiger partial charge is 0.456 e. The Labute approximate surface area is 382 Å². The molecule has 0 N–H and O–H groups in total. The zero-order chi connectivity index (χ0) is 71.0. The fraction of sp³-hybridized carbons (Fsp3) is 0.111. The highest BCUT2D eigenvalue weighted by molar-refractivity contribution is 6.14. The standard InChI is InChI=1S/C54H39NO/c1-32-24-26-39-45(28-32)54(42-19-10-6-15-36(42)37-16-7-11-20-43(37)54)46-29-33(2)30-48(51(39)46)55(47-21-13-23-50-52(47)40-17-8-12-22-49(40)56-50)34-25-27-38-35-14-5-9-18-41(35)53(3,4)44(38)31-34/h5-31H,1-4H3/i1D3,2D3,3D3,4D3,5D,6D,7D,8D,9D,10D,11D,12D,13D,14D,15D,16D,17D,18D,19D,20D,21D,22D,23D,24D,25D,26D,27D,28D,29D,30D,31D. The monoisotopic (exact) mass is 757 g/mol. The SMILES string of the molecule is [2H]c1c([2H])c([2H])c2c(c1[2H])-c1c([2H])c([2H])c([2H])c([2H])c1C21c2c([2H])c(C([2H])([2H])[2H])c([2H])c([2H])c2-c2c(N(c3c([2H])c([2H])c4c(c3[2H])C(C([2H])([2H])[2H])(C([2H])([2H])[2H])c3c([2H])c([2H])c([2H])c([2H])c3-4)c3c([2H])c([2H])c([2H])c4oc5c([2H])c([2H])c([2H])c([2H])c5c34)c([2H])c(C([2H])([2H])[2H])c([2H])c21. The van der Waals surface area contributed by atoms with Crippen molar-refractivity contribution in [2.24, 2.45) is 0 Å². The first-order valence-corrected chi connectivity index (χ1v) is 16.6. The van der Waals surface area contributed by atoms with E-state index in [0.29, 0.717) is 0 Å². The van der Waals surface area contributed by atoms with E-state index >= 15 is 0 Å². The van der Waals surface area contributed by atoms with Crippen LogP contribution in [0.15, 0.2) is 168 Å². The van der Waals surface area contributed by atoms with Gasteiger partial charge in [0.2, 0.25) is 0 Å². The Kier molecular flexibility index (Phi) is 2.29. The first-order valence-electron chi connectivity index (χ1n) is 36.1. The zero-order valence-corrected chi connectivity index (χ0v) is 27.9. The van der Waals surface area contributed by atoms with Crippen LogP contribution >= 0.6 is 0 Å². The molecule has 0 saturated heterocycles. The van der Waals surface area contributed by atoms with Gasteiger partial charge in [-0.05, 0) is 117 Å². The van der Waals surface area contributed by atoms with Gasteiger partial charge in [0.05, 0.1) is 59.2 Å². The summed E-state index contributed by atoms with van der Waals surface area (Å²) in [6.45, 7) is -16.1. The van der Waals surface area contributed by atoms with E-state index in [0.717, 1.165) is 0 Å². The van der Waals surface area contributed by atoms with Crippen LogP contribution in [0.3, 0.4) is 0 Å². The summed E-state index contributed by atoms with van der Waals surface area (Å²) in [6.07, 6.45) is 0. The van der Waals surface area contributed by atoms with Gasteiger partial charge in [-0.25, -0.2) is 0 Å². The number of furan rings is 1. The summed E-state index contributed by atoms with van der Waals surface area (Å²) < 4.78 is 371. The maximum Gasteiger partial charge on any atom is 0.137 e. The van der Waals surface area contributed by atoms with Gasteiger partial charge in [-0.2, -0.15) is 0 Å². The Balaban J connectivity index is 1.50. The molecule has 0 saturated carbocycles. The molecule has 0 amide bonds. The molecule has 266 valence electrons. The highest BCUT2D eigenvalue weighted by Crippen LogP contribution is 2.65. The second kappa shape index (κ2) is 11.0. The molecule has 1 spiro atoms. The lowest BCUT2D eigenvalue weighted by molar-refractivity contribution is 0.660. The maximum atomic E-state index is 10.6. The Morgan fingerprint density at radius 1 is 0.482 bits per heavy atom. The van der Waals surface area contributed by atoms with Crippen LogP contribution in [0, 0.1) is 13.7 Å². The quantitative estimate of drug-likeness (QED) is 0.178. The van der Waals surface area contributed by atoms with Gasteiger partial charge in [-0.1, -0.05) is 146 Å². The van der Waals surface area contributed by atoms with Crippen molar-refractivity contribution in [1.29, 1.82) is 0 Å². The minimum atomic E-state index is -4.20. The predicted molar refractivity (Wildman–Crippen MR) is 232 cm³/mol. The summed E-state index contributed by atoms with van der Waals surface area (Å²) in [5, 5.41) is -1.90. The van der Waals surface area contributed by atoms with Crippen LogP contribution in [0.25, 0.3) is 55.3 Å². The fourth-order valence-corrected chi connectivity index (χ4v) is 8.13. The molecule has 2 nitrogen and oxygen atoms in total. The van der Waals surface area contributed by atoms with E-state index in [4.69, 9.17) is 22.2 Å². The molecule has 0 atom stereocenters. The summed E-state index contributed by atoms with van der Waals surface area (Å²) in [5.74, 6) is 0. The maximum absolute atomic E-state index is 10.6. The van der Waals surface area contributed by atoms with E-state index in [-0.39, 0.29) is 4.90 Å². The number of para-hydroxylation sites is 1. The second-order valence-corrected chi connectivity index (χ2v) is 13.0. The number of anilines is 3. The summed E-state index contributed by atoms with van der Waals surface area (Å²) in [7, 11) is 0. The van der Waals surface area contributed by atoms with E-state index in [1.54, 1.807) is 0 Å². The Morgan fingerprint density at radius 2 is 1.12 bits per heavy atom. The molecule has 0 unspecified atom stereocenters. The van der Waals surface area contributed by atoms with Crippen molar-refractivity contribution in [3.8, 4) is 33.4 Å². The van der Waals surface area contributed by atoms with Gasteiger partial charge in [0.1, 0.15) is 11.2 Å². The van der Waals surface area contributed by atoms with Crippen molar-refractivity contribution in [3.05, 3.63) is 208 Å². The zero-order valence-electron chi connectivity index (χ0n) is 66.9. The van der Waals surface area contributed by atoms with Crippen molar-refractivity contribution >= 4 is 39.0 Å². The Bertz CT molecular complexity index is 5080. The topological polar surface area (TPSA) is 16.4 Å². The predicted octanol–water partition coefficient (Wildman–Crippen LogP) is 14.3. The van der Waals surface area contributed by atoms with E-state index < -0.39 is 318 Å². The van der Waals surface area contributed by atoms with Crippen molar-refractivity contribution in [2.75, 3.05) is 4.90 Å². The van der Waals surface area contributed by atoms with Gasteiger partial charge in [0.25, 0.3) is 0 Å². The molecule has 2 heteroatoms. The highest BCUT2D eigenvalue weighted by Gasteiger charge is 2.52. The molecule has 0 radical (unpaired) electrons. The van der Waals surface area contributed by atoms with E-state index in [1.165, 1.54) is 0 Å². The Hall–Kier alpha value is -6.64. The first-order chi connectivity index (χ1) is 43.5. The summed E-state index contributed by atoms with van der Waals surface area (Å²) >= 11 is 0. The molecular weight excluding hydrogens is 679 g/mol. The molecule has 3 aliphatic rings. The third kappa shape index (κ3) is 3.91. The van der Waals surface area contributed by atoms with Gasteiger partial charge in [-0.3, -0.25) is 0 Å². The Morgan fingerprint density at radius 3 is 1.89 bits per heavy atom. The van der Waals surface area contributed by atoms with Crippen LogP contribution in [-0.2, 0) is 10.8 Å². The van der Waals surface area contributed by atoms with Crippen LogP contribution in [-0.4, -0.2) is 0 Å². The normalized spacial score (nSPS) is 25.5. The number of hydrogen-bond acceptors (Lipinski definition) is 2. The van der Waals surface area contributed by atoms with Crippen LogP contribution in [0.1, 0.15) is 112 Å². The highest BCUT2D eigenvalue weighted by atomic mass is 16.3. The molecule has 3 aliphatic carbocycles. The lowest BCUT2D eigenvalue weighted by Crippen LogP contribution is -2.26. The second-order valence-electron chi connectivity index (χ2n) is 13.0. The average molecular weight is 757 g/mol. The van der Waals surface area contributed by atoms with Crippen LogP contribution in [0.4, 0.5) is 17.1 Å². The smallest absolute Gasteiger partial charge is 0.137 e. The summed E-state index contributed by atoms with van der Waals surface area (Å²) in [6, 6.07) is -34.9. The van der Waals surface area contributed by atoms with Gasteiger partial charge in [0, 0.05) is 38.5 Å². The molecule has 12 rings (SSSR count). The van der Waals surface area contributed by atoms with Gasteiger partial charge >= 0.3 is 0 Å². The molecule has 0 bridgehead atoms. The third-order valence-electron chi connectivity index (χ3n) is 10.3. The minimum Gasteiger partial charge on any atom is -0.456 e. The lowest BCUT2D eigenvalue weighted by atomic mass is 9.70. The molecule has 9 aromatic rings. The van der Waals surface area contributed by atoms with Gasteiger partial charge in [0.15, 0.2) is 0 Å². The lowest BCUT2D eigenvalue weighted by Gasteiger charge is -2.33. The summed E-state index contributed by atoms with van der Waals surface area (Å²) in [4.78, 5) is 0.170. The number of benzene rings is 8. The van der Waals surface area contributed by atoms with Crippen LogP contribution in [0.5, 0.6) is 0 Å².